The van der Waals surface area contributed by atoms with Gasteiger partial charge in [-0.3, -0.25) is 9.48 Å². The highest BCUT2D eigenvalue weighted by molar-refractivity contribution is 5.69. The number of hydrogen-bond acceptors (Lipinski definition) is 2. The van der Waals surface area contributed by atoms with Crippen LogP contribution in [0, 0.1) is 5.92 Å². The van der Waals surface area contributed by atoms with Crippen LogP contribution in [0.2, 0.25) is 0 Å². The summed E-state index contributed by atoms with van der Waals surface area (Å²) < 4.78 is 1.89. The zero-order valence-electron chi connectivity index (χ0n) is 9.47. The van der Waals surface area contributed by atoms with Crippen molar-refractivity contribution < 1.29 is 9.90 Å². The Kier molecular flexibility index (Phi) is 3.88. The predicted octanol–water partition coefficient (Wildman–Crippen LogP) is 2.12. The van der Waals surface area contributed by atoms with E-state index in [1.54, 1.807) is 6.92 Å². The molecule has 1 rings (SSSR count). The molecule has 1 aromatic rings. The Morgan fingerprint density at radius 1 is 1.53 bits per heavy atom. The summed E-state index contributed by atoms with van der Waals surface area (Å²) >= 11 is 0. The molecule has 0 aromatic carbocycles. The number of hydrogen-bond donors (Lipinski definition) is 1. The van der Waals surface area contributed by atoms with E-state index in [1.807, 2.05) is 16.9 Å². The SMILES string of the molecule is CC(CCc1ccn(C(C)C)n1)C(=O)O. The molecule has 0 aliphatic carbocycles. The van der Waals surface area contributed by atoms with E-state index in [9.17, 15) is 4.79 Å². The summed E-state index contributed by atoms with van der Waals surface area (Å²) in [6.07, 6.45) is 3.31. The Bertz CT molecular complexity index is 331. The van der Waals surface area contributed by atoms with E-state index in [0.717, 1.165) is 12.1 Å². The van der Waals surface area contributed by atoms with Crippen molar-refractivity contribution in [1.29, 1.82) is 0 Å². The van der Waals surface area contributed by atoms with Gasteiger partial charge < -0.3 is 5.11 Å². The van der Waals surface area contributed by atoms with Crippen molar-refractivity contribution in [3.8, 4) is 0 Å². The number of carbonyl (C=O) groups is 1. The van der Waals surface area contributed by atoms with Gasteiger partial charge in [0.25, 0.3) is 0 Å². The maximum absolute atomic E-state index is 10.6. The minimum atomic E-state index is -0.738. The fourth-order valence-electron chi connectivity index (χ4n) is 1.29. The van der Waals surface area contributed by atoms with Crippen LogP contribution in [0.15, 0.2) is 12.3 Å². The van der Waals surface area contributed by atoms with E-state index < -0.39 is 5.97 Å². The lowest BCUT2D eigenvalue weighted by Gasteiger charge is -2.05. The summed E-state index contributed by atoms with van der Waals surface area (Å²) in [6, 6.07) is 2.31. The van der Waals surface area contributed by atoms with E-state index in [1.165, 1.54) is 0 Å². The zero-order valence-corrected chi connectivity index (χ0v) is 9.47. The maximum atomic E-state index is 10.6. The Balaban J connectivity index is 2.47. The van der Waals surface area contributed by atoms with Crippen molar-refractivity contribution >= 4 is 5.97 Å². The van der Waals surface area contributed by atoms with Gasteiger partial charge >= 0.3 is 5.97 Å². The topological polar surface area (TPSA) is 55.1 Å². The highest BCUT2D eigenvalue weighted by atomic mass is 16.4. The van der Waals surface area contributed by atoms with Crippen molar-refractivity contribution in [3.63, 3.8) is 0 Å². The lowest BCUT2D eigenvalue weighted by molar-refractivity contribution is -0.141. The molecular formula is C11H18N2O2. The van der Waals surface area contributed by atoms with Gasteiger partial charge in [0.15, 0.2) is 0 Å². The number of aromatic nitrogens is 2. The van der Waals surface area contributed by atoms with E-state index in [0.29, 0.717) is 12.5 Å². The standard InChI is InChI=1S/C11H18N2O2/c1-8(2)13-7-6-10(12-13)5-4-9(3)11(14)15/h6-9H,4-5H2,1-3H3,(H,14,15). The molecule has 1 heterocycles. The largest absolute Gasteiger partial charge is 0.481 e. The van der Waals surface area contributed by atoms with Crippen molar-refractivity contribution in [2.24, 2.45) is 5.92 Å². The van der Waals surface area contributed by atoms with Gasteiger partial charge in [0.1, 0.15) is 0 Å². The smallest absolute Gasteiger partial charge is 0.306 e. The number of rotatable bonds is 5. The number of aryl methyl sites for hydroxylation is 1. The second kappa shape index (κ2) is 4.96. The highest BCUT2D eigenvalue weighted by Gasteiger charge is 2.11. The molecule has 4 nitrogen and oxygen atoms in total. The lowest BCUT2D eigenvalue weighted by atomic mass is 10.1. The fraction of sp³-hybridized carbons (Fsp3) is 0.636. The molecule has 0 aliphatic rings. The molecule has 15 heavy (non-hydrogen) atoms. The molecule has 0 radical (unpaired) electrons. The molecular weight excluding hydrogens is 192 g/mol. The summed E-state index contributed by atoms with van der Waals surface area (Å²) in [5.41, 5.74) is 0.969. The first-order chi connectivity index (χ1) is 7.00. The third-order valence-corrected chi connectivity index (χ3v) is 2.45. The number of aliphatic carboxylic acids is 1. The van der Waals surface area contributed by atoms with Gasteiger partial charge in [-0.1, -0.05) is 6.92 Å². The first-order valence-electron chi connectivity index (χ1n) is 5.27. The van der Waals surface area contributed by atoms with Gasteiger partial charge in [0.2, 0.25) is 0 Å². The Morgan fingerprint density at radius 3 is 2.67 bits per heavy atom. The molecule has 0 bridgehead atoms. The van der Waals surface area contributed by atoms with Crippen molar-refractivity contribution in [2.45, 2.75) is 39.7 Å². The van der Waals surface area contributed by atoms with Gasteiger partial charge in [-0.2, -0.15) is 5.10 Å². The first-order valence-corrected chi connectivity index (χ1v) is 5.27. The molecule has 4 heteroatoms. The molecule has 1 atom stereocenters. The monoisotopic (exact) mass is 210 g/mol. The average Bonchev–Trinajstić information content (AvgIpc) is 2.62. The molecule has 0 saturated heterocycles. The van der Waals surface area contributed by atoms with Crippen LogP contribution in [0.1, 0.15) is 38.9 Å². The van der Waals surface area contributed by atoms with Gasteiger partial charge in [-0.25, -0.2) is 0 Å². The molecule has 1 N–H and O–H groups in total. The summed E-state index contributed by atoms with van der Waals surface area (Å²) in [5, 5.41) is 13.1. The Labute approximate surface area is 89.9 Å². The molecule has 0 amide bonds. The van der Waals surface area contributed by atoms with Crippen LogP contribution in [0.5, 0.6) is 0 Å². The molecule has 0 fully saturated rings. The summed E-state index contributed by atoms with van der Waals surface area (Å²) in [4.78, 5) is 10.6. The van der Waals surface area contributed by atoms with Crippen molar-refractivity contribution in [2.75, 3.05) is 0 Å². The highest BCUT2D eigenvalue weighted by Crippen LogP contribution is 2.10. The van der Waals surface area contributed by atoms with Crippen LogP contribution < -0.4 is 0 Å². The van der Waals surface area contributed by atoms with Crippen LogP contribution in [-0.2, 0) is 11.2 Å². The van der Waals surface area contributed by atoms with E-state index in [-0.39, 0.29) is 5.92 Å². The van der Waals surface area contributed by atoms with E-state index in [4.69, 9.17) is 5.11 Å². The van der Waals surface area contributed by atoms with Gasteiger partial charge in [0.05, 0.1) is 11.6 Å². The van der Waals surface area contributed by atoms with Crippen LogP contribution in [0.3, 0.4) is 0 Å². The zero-order chi connectivity index (χ0) is 11.4. The second-order valence-corrected chi connectivity index (χ2v) is 4.16. The van der Waals surface area contributed by atoms with E-state index >= 15 is 0 Å². The quantitative estimate of drug-likeness (QED) is 0.809. The number of carboxylic acids is 1. The Hall–Kier alpha value is -1.32. The van der Waals surface area contributed by atoms with Gasteiger partial charge in [-0.05, 0) is 32.8 Å². The minimum absolute atomic E-state index is 0.297. The van der Waals surface area contributed by atoms with Crippen LogP contribution >= 0.6 is 0 Å². The third-order valence-electron chi connectivity index (χ3n) is 2.45. The second-order valence-electron chi connectivity index (χ2n) is 4.16. The Morgan fingerprint density at radius 2 is 2.20 bits per heavy atom. The molecule has 1 aromatic heterocycles. The fourth-order valence-corrected chi connectivity index (χ4v) is 1.29. The van der Waals surface area contributed by atoms with Crippen LogP contribution in [0.25, 0.3) is 0 Å². The first kappa shape index (κ1) is 11.8. The molecule has 84 valence electrons. The summed E-state index contributed by atoms with van der Waals surface area (Å²) in [7, 11) is 0. The van der Waals surface area contributed by atoms with Gasteiger partial charge in [0, 0.05) is 12.2 Å². The number of nitrogens with zero attached hydrogens (tertiary/aromatic N) is 2. The third kappa shape index (κ3) is 3.38. The normalized spacial score (nSPS) is 13.1. The maximum Gasteiger partial charge on any atom is 0.306 e. The van der Waals surface area contributed by atoms with Gasteiger partial charge in [-0.15, -0.1) is 0 Å². The van der Waals surface area contributed by atoms with Crippen molar-refractivity contribution in [3.05, 3.63) is 18.0 Å². The summed E-state index contributed by atoms with van der Waals surface area (Å²) in [6.45, 7) is 5.86. The molecule has 0 spiro atoms. The molecule has 1 unspecified atom stereocenters. The minimum Gasteiger partial charge on any atom is -0.481 e. The number of carboxylic acid groups (broad SMARTS) is 1. The van der Waals surface area contributed by atoms with Crippen LogP contribution in [-0.4, -0.2) is 20.9 Å². The van der Waals surface area contributed by atoms with Crippen LogP contribution in [0.4, 0.5) is 0 Å². The predicted molar refractivity (Wildman–Crippen MR) is 57.7 cm³/mol. The molecule has 0 aliphatic heterocycles. The average molecular weight is 210 g/mol. The molecule has 0 saturated carbocycles. The van der Waals surface area contributed by atoms with Crippen molar-refractivity contribution in [1.82, 2.24) is 9.78 Å². The lowest BCUT2D eigenvalue weighted by Crippen LogP contribution is -2.10. The van der Waals surface area contributed by atoms with E-state index in [2.05, 4.69) is 18.9 Å². The summed E-state index contributed by atoms with van der Waals surface area (Å²) in [5.74, 6) is -1.03.